The molecule has 0 saturated carbocycles. The Labute approximate surface area is 94.8 Å². The highest BCUT2D eigenvalue weighted by Crippen LogP contribution is 1.97. The number of hydrogen-bond acceptors (Lipinski definition) is 4. The van der Waals surface area contributed by atoms with Gasteiger partial charge < -0.3 is 5.11 Å². The van der Waals surface area contributed by atoms with E-state index in [1.165, 1.54) is 5.56 Å². The highest BCUT2D eigenvalue weighted by atomic mass is 32.2. The minimum absolute atomic E-state index is 0.684. The highest BCUT2D eigenvalue weighted by Gasteiger charge is 1.89. The standard InChI is InChI=1S/C8H8.C2H3NO4S/c1-2-8-6-4-3-5-7-8;4-2(5)1-3-8(6)7/h2-7H,1H2;1H2,(H,4,5). The van der Waals surface area contributed by atoms with Gasteiger partial charge in [-0.25, -0.2) is 0 Å². The smallest absolute Gasteiger partial charge is 0.326 e. The Bertz CT molecular complexity index is 457. The van der Waals surface area contributed by atoms with Crippen molar-refractivity contribution in [1.29, 1.82) is 0 Å². The van der Waals surface area contributed by atoms with Gasteiger partial charge in [-0.05, 0) is 5.56 Å². The van der Waals surface area contributed by atoms with Crippen LogP contribution in [-0.2, 0) is 15.3 Å². The number of benzene rings is 1. The van der Waals surface area contributed by atoms with Crippen molar-refractivity contribution in [1.82, 2.24) is 0 Å². The first-order chi connectivity index (χ1) is 7.56. The molecule has 0 bridgehead atoms. The SMILES string of the molecule is C=Cc1ccccc1.O=C(O)CN=S(=O)=O. The quantitative estimate of drug-likeness (QED) is 0.868. The van der Waals surface area contributed by atoms with Crippen molar-refractivity contribution < 1.29 is 18.3 Å². The lowest BCUT2D eigenvalue weighted by molar-refractivity contribution is -0.135. The van der Waals surface area contributed by atoms with Crippen LogP contribution < -0.4 is 0 Å². The zero-order valence-corrected chi connectivity index (χ0v) is 9.22. The lowest BCUT2D eigenvalue weighted by atomic mass is 10.2. The molecule has 0 saturated heterocycles. The van der Waals surface area contributed by atoms with Gasteiger partial charge in [0.05, 0.1) is 0 Å². The molecule has 0 aliphatic carbocycles. The summed E-state index contributed by atoms with van der Waals surface area (Å²) < 4.78 is 21.6. The van der Waals surface area contributed by atoms with Gasteiger partial charge in [0.25, 0.3) is 0 Å². The molecule has 16 heavy (non-hydrogen) atoms. The number of nitrogens with zero attached hydrogens (tertiary/aromatic N) is 1. The summed E-state index contributed by atoms with van der Waals surface area (Å²) >= 11 is 0. The molecule has 0 aromatic heterocycles. The van der Waals surface area contributed by atoms with Crippen LogP contribution >= 0.6 is 0 Å². The van der Waals surface area contributed by atoms with Gasteiger partial charge in [-0.2, -0.15) is 12.8 Å². The third-order valence-electron chi connectivity index (χ3n) is 1.34. The summed E-state index contributed by atoms with van der Waals surface area (Å²) in [6.07, 6.45) is 1.83. The lowest BCUT2D eigenvalue weighted by Crippen LogP contribution is -1.97. The van der Waals surface area contributed by atoms with Crippen molar-refractivity contribution in [2.45, 2.75) is 0 Å². The first-order valence-electron chi connectivity index (χ1n) is 4.22. The van der Waals surface area contributed by atoms with Gasteiger partial charge in [0.15, 0.2) is 6.54 Å². The molecular weight excluding hydrogens is 230 g/mol. The maximum atomic E-state index is 9.54. The Hall–Kier alpha value is -1.95. The van der Waals surface area contributed by atoms with Gasteiger partial charge in [-0.15, -0.1) is 0 Å². The van der Waals surface area contributed by atoms with Gasteiger partial charge in [0.2, 0.25) is 0 Å². The van der Waals surface area contributed by atoms with Crippen LogP contribution in [0.5, 0.6) is 0 Å². The number of carboxylic acid groups (broad SMARTS) is 1. The Balaban J connectivity index is 0.000000281. The van der Waals surface area contributed by atoms with Gasteiger partial charge in [-0.3, -0.25) is 4.79 Å². The molecule has 5 nitrogen and oxygen atoms in total. The molecule has 0 heterocycles. The molecule has 1 rings (SSSR count). The predicted octanol–water partition coefficient (Wildman–Crippen LogP) is 1.46. The van der Waals surface area contributed by atoms with E-state index in [0.29, 0.717) is 0 Å². The summed E-state index contributed by atoms with van der Waals surface area (Å²) in [5.74, 6) is -1.26. The number of rotatable bonds is 3. The van der Waals surface area contributed by atoms with Crippen LogP contribution in [0.15, 0.2) is 41.3 Å². The summed E-state index contributed by atoms with van der Waals surface area (Å²) in [5.41, 5.74) is 1.17. The van der Waals surface area contributed by atoms with E-state index in [9.17, 15) is 13.2 Å². The Morgan fingerprint density at radius 3 is 2.19 bits per heavy atom. The van der Waals surface area contributed by atoms with Crippen molar-refractivity contribution in [2.75, 3.05) is 6.54 Å². The molecule has 0 amide bonds. The van der Waals surface area contributed by atoms with Gasteiger partial charge in [-0.1, -0.05) is 43.0 Å². The van der Waals surface area contributed by atoms with Crippen molar-refractivity contribution in [3.63, 3.8) is 0 Å². The summed E-state index contributed by atoms with van der Waals surface area (Å²) in [6.45, 7) is 2.95. The molecule has 0 atom stereocenters. The number of aliphatic carboxylic acids is 1. The van der Waals surface area contributed by atoms with Gasteiger partial charge in [0.1, 0.15) is 0 Å². The van der Waals surface area contributed by atoms with E-state index in [-0.39, 0.29) is 0 Å². The molecule has 0 radical (unpaired) electrons. The third-order valence-corrected chi connectivity index (χ3v) is 1.68. The van der Waals surface area contributed by atoms with Crippen molar-refractivity contribution in [3.8, 4) is 0 Å². The Kier molecular flexibility index (Phi) is 7.35. The fourth-order valence-corrected chi connectivity index (χ4v) is 0.913. The molecule has 1 aromatic rings. The molecule has 0 spiro atoms. The maximum absolute atomic E-state index is 9.54. The minimum Gasteiger partial charge on any atom is -0.480 e. The Morgan fingerprint density at radius 2 is 1.94 bits per heavy atom. The fourth-order valence-electron chi connectivity index (χ4n) is 0.697. The molecule has 86 valence electrons. The monoisotopic (exact) mass is 241 g/mol. The summed E-state index contributed by atoms with van der Waals surface area (Å²) in [7, 11) is -2.59. The van der Waals surface area contributed by atoms with Crippen molar-refractivity contribution in [3.05, 3.63) is 42.5 Å². The number of carboxylic acids is 1. The number of carbonyl (C=O) groups is 1. The molecule has 1 N–H and O–H groups in total. The molecule has 0 fully saturated rings. The van der Waals surface area contributed by atoms with Crippen LogP contribution in [0.1, 0.15) is 5.56 Å². The summed E-state index contributed by atoms with van der Waals surface area (Å²) in [5, 5.41) is 7.80. The minimum atomic E-state index is -2.59. The van der Waals surface area contributed by atoms with E-state index in [0.717, 1.165) is 0 Å². The van der Waals surface area contributed by atoms with Gasteiger partial charge in [0, 0.05) is 0 Å². The van der Waals surface area contributed by atoms with E-state index in [2.05, 4.69) is 10.9 Å². The zero-order chi connectivity index (χ0) is 12.4. The van der Waals surface area contributed by atoms with Crippen LogP contribution in [0, 0.1) is 0 Å². The average Bonchev–Trinajstić information content (AvgIpc) is 2.28. The first kappa shape index (κ1) is 14.1. The predicted molar refractivity (Wildman–Crippen MR) is 60.4 cm³/mol. The second-order valence-corrected chi connectivity index (χ2v) is 3.21. The molecule has 0 aliphatic rings. The summed E-state index contributed by atoms with van der Waals surface area (Å²) in [4.78, 5) is 9.54. The average molecular weight is 241 g/mol. The highest BCUT2D eigenvalue weighted by molar-refractivity contribution is 7.61. The van der Waals surface area contributed by atoms with Crippen molar-refractivity contribution in [2.24, 2.45) is 4.36 Å². The van der Waals surface area contributed by atoms with Crippen LogP contribution in [0.4, 0.5) is 0 Å². The first-order valence-corrected chi connectivity index (χ1v) is 5.25. The molecular formula is C10H11NO4S. The van der Waals surface area contributed by atoms with Crippen LogP contribution in [0.25, 0.3) is 6.08 Å². The van der Waals surface area contributed by atoms with E-state index in [1.807, 2.05) is 36.4 Å². The second kappa shape index (κ2) is 8.37. The van der Waals surface area contributed by atoms with Crippen LogP contribution in [0.3, 0.4) is 0 Å². The number of hydrogen-bond donors (Lipinski definition) is 1. The largest absolute Gasteiger partial charge is 0.480 e. The normalized spacial score (nSPS) is 8.25. The second-order valence-electron chi connectivity index (χ2n) is 2.51. The lowest BCUT2D eigenvalue weighted by Gasteiger charge is -1.85. The molecule has 1 aromatic carbocycles. The zero-order valence-electron chi connectivity index (χ0n) is 8.41. The third kappa shape index (κ3) is 8.64. The molecule has 0 unspecified atom stereocenters. The van der Waals surface area contributed by atoms with Crippen molar-refractivity contribution >= 4 is 22.5 Å². The van der Waals surface area contributed by atoms with Crippen LogP contribution in [-0.4, -0.2) is 26.0 Å². The fraction of sp³-hybridized carbons (Fsp3) is 0.100. The van der Waals surface area contributed by atoms with E-state index in [1.54, 1.807) is 0 Å². The topological polar surface area (TPSA) is 83.8 Å². The van der Waals surface area contributed by atoms with E-state index in [4.69, 9.17) is 5.11 Å². The summed E-state index contributed by atoms with van der Waals surface area (Å²) in [6, 6.07) is 10.0. The molecule has 6 heteroatoms. The maximum Gasteiger partial charge on any atom is 0.326 e. The van der Waals surface area contributed by atoms with Crippen LogP contribution in [0.2, 0.25) is 0 Å². The Morgan fingerprint density at radius 1 is 1.38 bits per heavy atom. The van der Waals surface area contributed by atoms with Gasteiger partial charge >= 0.3 is 16.5 Å². The van der Waals surface area contributed by atoms with E-state index < -0.39 is 23.0 Å². The molecule has 0 aliphatic heterocycles. The van der Waals surface area contributed by atoms with E-state index >= 15 is 0 Å².